The van der Waals surface area contributed by atoms with Crippen LogP contribution in [0.2, 0.25) is 0 Å². The van der Waals surface area contributed by atoms with Crippen molar-refractivity contribution in [2.45, 2.75) is 0 Å². The summed E-state index contributed by atoms with van der Waals surface area (Å²) in [7, 11) is 5.09. The van der Waals surface area contributed by atoms with Gasteiger partial charge in [0, 0.05) is 0 Å². The molecule has 0 nitrogen and oxygen atoms in total. The molecule has 0 aromatic rings. The van der Waals surface area contributed by atoms with E-state index in [2.05, 4.69) is 4.05 Å². The van der Waals surface area contributed by atoms with Crippen molar-refractivity contribution in [1.82, 2.24) is 0 Å². The van der Waals surface area contributed by atoms with Crippen molar-refractivity contribution >= 4 is 28.3 Å². The zero-order chi connectivity index (χ0) is 3.41. The Hall–Kier alpha value is 0.616. The Bertz CT molecular complexity index is 35.8. The van der Waals surface area contributed by atoms with Crippen LogP contribution in [0.1, 0.15) is 0 Å². The van der Waals surface area contributed by atoms with Crippen LogP contribution in [0.4, 0.5) is 0 Å². The fraction of sp³-hybridized carbons (Fsp3) is 0. The maximum Gasteiger partial charge on any atom is 0.598 e. The Morgan fingerprint density at radius 2 is 2.25 bits per heavy atom. The van der Waals surface area contributed by atoms with Crippen molar-refractivity contribution in [3.8, 4) is 10.5 Å². The second kappa shape index (κ2) is 3.62. The summed E-state index contributed by atoms with van der Waals surface area (Å²) in [6.07, 6.45) is 4.71. The van der Waals surface area contributed by atoms with Gasteiger partial charge in [0.05, 0.1) is 0 Å². The highest BCUT2D eigenvalue weighted by Gasteiger charge is 1.68. The van der Waals surface area contributed by atoms with E-state index in [1.54, 1.807) is 0 Å². The van der Waals surface area contributed by atoms with Gasteiger partial charge in [-0.2, -0.15) is 6.42 Å². The molecule has 18 valence electrons. The van der Waals surface area contributed by atoms with E-state index in [0.29, 0.717) is 0 Å². The van der Waals surface area contributed by atoms with Gasteiger partial charge in [0.25, 0.3) is 0 Å². The van der Waals surface area contributed by atoms with Gasteiger partial charge in [-0.05, 0) is 0 Å². The first kappa shape index (κ1) is 4.62. The van der Waals surface area contributed by atoms with Gasteiger partial charge in [0.2, 0.25) is 0 Å². The quantitative estimate of drug-likeness (QED) is 0.295. The fourth-order valence-electron chi connectivity index (χ4n) is 0. The third-order valence-electron chi connectivity index (χ3n) is 0.0772. The fourth-order valence-corrected chi connectivity index (χ4v) is 0. The van der Waals surface area contributed by atoms with E-state index in [4.69, 9.17) is 15.5 Å². The molecule has 0 bridgehead atoms. The summed E-state index contributed by atoms with van der Waals surface area (Å²) in [6, 6.07) is 0. The zero-order valence-corrected chi connectivity index (χ0v) is 4.33. The standard InChI is InChI=1S/C2H.ClH.Mg/c1-2;;/h1H;1H;/q;;+1/p-1. The van der Waals surface area contributed by atoms with Gasteiger partial charge in [0.15, 0.2) is 0 Å². The number of hydrogen-bond acceptors (Lipinski definition) is 0. The lowest BCUT2D eigenvalue weighted by atomic mass is 11.4. The van der Waals surface area contributed by atoms with Gasteiger partial charge in [-0.1, -0.05) is 0 Å². The van der Waals surface area contributed by atoms with E-state index in [1.165, 1.54) is 0 Å². The van der Waals surface area contributed by atoms with Gasteiger partial charge in [-0.3, -0.25) is 0 Å². The van der Waals surface area contributed by atoms with E-state index in [1.807, 2.05) is 0 Å². The Kier molecular flexibility index (Phi) is 4.17. The summed E-state index contributed by atoms with van der Waals surface area (Å²) in [4.78, 5) is 0. The molecule has 0 heterocycles. The molecule has 0 aliphatic carbocycles. The van der Waals surface area contributed by atoms with E-state index in [0.717, 1.165) is 0 Å². The molecule has 0 radical (unpaired) electrons. The molecular formula is C2HClMg. The van der Waals surface area contributed by atoms with E-state index in [9.17, 15) is 0 Å². The van der Waals surface area contributed by atoms with Gasteiger partial charge < -0.3 is 9.07 Å². The molecule has 0 spiro atoms. The minimum absolute atomic E-state index is 0.576. The summed E-state index contributed by atoms with van der Waals surface area (Å²) in [5, 5.41) is 0. The monoisotopic (exact) mass is 84.0 g/mol. The molecule has 0 aliphatic rings. The minimum atomic E-state index is -0.576. The van der Waals surface area contributed by atoms with Gasteiger partial charge in [0.1, 0.15) is 0 Å². The third-order valence-corrected chi connectivity index (χ3v) is 0.694. The number of halogens is 1. The topological polar surface area (TPSA) is 0 Å². The summed E-state index contributed by atoms with van der Waals surface area (Å²) >= 11 is -0.576. The molecule has 0 atom stereocenters. The average Bonchev–Trinajstić information content (AvgIpc) is 1.37. The van der Waals surface area contributed by atoms with Crippen LogP contribution in [0.5, 0.6) is 0 Å². The Labute approximate surface area is 39.0 Å². The van der Waals surface area contributed by atoms with Crippen LogP contribution in [0.3, 0.4) is 0 Å². The average molecular weight is 84.8 g/mol. The van der Waals surface area contributed by atoms with Crippen LogP contribution >= 0.6 is 9.07 Å². The summed E-state index contributed by atoms with van der Waals surface area (Å²) in [6.45, 7) is 0. The van der Waals surface area contributed by atoms with Gasteiger partial charge in [-0.25, -0.2) is 4.05 Å². The van der Waals surface area contributed by atoms with Crippen molar-refractivity contribution < 1.29 is 0 Å². The molecule has 0 rings (SSSR count). The van der Waals surface area contributed by atoms with Crippen LogP contribution in [0, 0.1) is 10.5 Å². The van der Waals surface area contributed by atoms with E-state index < -0.39 is 19.3 Å². The summed E-state index contributed by atoms with van der Waals surface area (Å²) in [5.41, 5.74) is 0. The molecule has 4 heavy (non-hydrogen) atoms. The smallest absolute Gasteiger partial charge is 0.316 e. The molecule has 0 aromatic carbocycles. The van der Waals surface area contributed by atoms with Crippen LogP contribution in [0.25, 0.3) is 0 Å². The zero-order valence-electron chi connectivity index (χ0n) is 2.16. The molecule has 0 saturated carbocycles. The lowest BCUT2D eigenvalue weighted by Crippen LogP contribution is -1.56. The molecular weight excluding hydrogens is 83.8 g/mol. The second-order valence-corrected chi connectivity index (χ2v) is 1.82. The van der Waals surface area contributed by atoms with E-state index in [-0.39, 0.29) is 0 Å². The molecule has 0 saturated heterocycles. The van der Waals surface area contributed by atoms with Crippen molar-refractivity contribution in [3.63, 3.8) is 0 Å². The Balaban J connectivity index is 2.43. The van der Waals surface area contributed by atoms with E-state index >= 15 is 0 Å². The first-order chi connectivity index (χ1) is 1.91. The minimum Gasteiger partial charge on any atom is -0.316 e. The van der Waals surface area contributed by atoms with Crippen LogP contribution in [-0.4, -0.2) is 19.3 Å². The summed E-state index contributed by atoms with van der Waals surface area (Å²) < 4.78 is 2.33. The van der Waals surface area contributed by atoms with Gasteiger partial charge in [-0.15, -0.1) is 0 Å². The Morgan fingerprint density at radius 3 is 2.25 bits per heavy atom. The number of terminal acetylenes is 1. The van der Waals surface area contributed by atoms with Gasteiger partial charge >= 0.3 is 19.3 Å². The lowest BCUT2D eigenvalue weighted by molar-refractivity contribution is 3.06. The SMILES string of the molecule is C#[C][Mg][Cl]. The molecule has 0 aliphatic heterocycles. The summed E-state index contributed by atoms with van der Waals surface area (Å²) in [5.74, 6) is 0. The first-order valence-corrected chi connectivity index (χ1v) is 3.75. The lowest BCUT2D eigenvalue weighted by Gasteiger charge is -1.42. The molecule has 0 unspecified atom stereocenters. The van der Waals surface area contributed by atoms with Crippen molar-refractivity contribution in [2.24, 2.45) is 0 Å². The normalized spacial score (nSPS) is 3.00. The molecule has 0 aromatic heterocycles. The first-order valence-electron chi connectivity index (χ1n) is 0.909. The van der Waals surface area contributed by atoms with Crippen LogP contribution in [0.15, 0.2) is 0 Å². The van der Waals surface area contributed by atoms with Crippen molar-refractivity contribution in [1.29, 1.82) is 0 Å². The molecule has 0 fully saturated rings. The Morgan fingerprint density at radius 1 is 2.00 bits per heavy atom. The molecule has 0 N–H and O–H groups in total. The highest BCUT2D eigenvalue weighted by atomic mass is 35.5. The third kappa shape index (κ3) is 2.62. The largest absolute Gasteiger partial charge is 0.598 e. The highest BCUT2D eigenvalue weighted by molar-refractivity contribution is 6.98. The van der Waals surface area contributed by atoms with Crippen molar-refractivity contribution in [3.05, 3.63) is 0 Å². The number of rotatable bonds is 0. The predicted octanol–water partition coefficient (Wildman–Crippen LogP) is 0.435. The second-order valence-electron chi connectivity index (χ2n) is 0.338. The predicted molar refractivity (Wildman–Crippen MR) is 20.4 cm³/mol. The van der Waals surface area contributed by atoms with Crippen molar-refractivity contribution in [2.75, 3.05) is 0 Å². The number of hydrogen-bond donors (Lipinski definition) is 0. The highest BCUT2D eigenvalue weighted by Crippen LogP contribution is 1.54. The van der Waals surface area contributed by atoms with Crippen LogP contribution in [-0.2, 0) is 0 Å². The molecule has 2 heteroatoms. The maximum absolute atomic E-state index is 5.09. The van der Waals surface area contributed by atoms with Crippen LogP contribution < -0.4 is 0 Å². The maximum atomic E-state index is 5.09. The molecule has 0 amide bonds.